The summed E-state index contributed by atoms with van der Waals surface area (Å²) >= 11 is 0. The molecule has 2 aliphatic rings. The minimum atomic E-state index is -0.800. The standard InChI is InChI=1S/C17H28N6O3/c1-3-21(12-16(24)25)14-8-13(9-14)19-17(26)23-6-4-22(5-7-23)15-10-18-20(2)11-15/h10-11,13-14H,3-9,12H2,1-2H3,(H,19,26)(H,24,25). The van der Waals surface area contributed by atoms with Gasteiger partial charge >= 0.3 is 12.0 Å². The molecule has 26 heavy (non-hydrogen) atoms. The highest BCUT2D eigenvalue weighted by molar-refractivity contribution is 5.75. The van der Waals surface area contributed by atoms with Crippen LogP contribution < -0.4 is 10.2 Å². The second-order valence-electron chi connectivity index (χ2n) is 7.07. The molecule has 2 amide bonds. The Morgan fingerprint density at radius 2 is 2.00 bits per heavy atom. The molecular weight excluding hydrogens is 336 g/mol. The Morgan fingerprint density at radius 1 is 1.31 bits per heavy atom. The molecule has 1 aromatic rings. The molecule has 0 aromatic carbocycles. The van der Waals surface area contributed by atoms with Crippen LogP contribution in [0.2, 0.25) is 0 Å². The predicted octanol–water partition coefficient (Wildman–Crippen LogP) is 0.189. The van der Waals surface area contributed by atoms with E-state index in [1.807, 2.05) is 36.2 Å². The molecule has 1 saturated carbocycles. The zero-order valence-electron chi connectivity index (χ0n) is 15.5. The van der Waals surface area contributed by atoms with Gasteiger partial charge in [0.2, 0.25) is 0 Å². The molecule has 144 valence electrons. The molecule has 0 spiro atoms. The normalized spacial score (nSPS) is 23.0. The molecule has 0 bridgehead atoms. The van der Waals surface area contributed by atoms with Gasteiger partial charge in [0, 0.05) is 51.5 Å². The zero-order valence-corrected chi connectivity index (χ0v) is 15.5. The number of aryl methyl sites for hydroxylation is 1. The van der Waals surface area contributed by atoms with Crippen molar-refractivity contribution < 1.29 is 14.7 Å². The van der Waals surface area contributed by atoms with E-state index in [1.54, 1.807) is 4.68 Å². The van der Waals surface area contributed by atoms with Gasteiger partial charge < -0.3 is 20.2 Å². The first-order chi connectivity index (χ1) is 12.5. The summed E-state index contributed by atoms with van der Waals surface area (Å²) in [5.41, 5.74) is 1.09. The van der Waals surface area contributed by atoms with Gasteiger partial charge in [-0.25, -0.2) is 4.79 Å². The number of carbonyl (C=O) groups is 2. The van der Waals surface area contributed by atoms with E-state index in [-0.39, 0.29) is 24.7 Å². The minimum Gasteiger partial charge on any atom is -0.480 e. The first-order valence-electron chi connectivity index (χ1n) is 9.21. The van der Waals surface area contributed by atoms with E-state index in [1.165, 1.54) is 0 Å². The van der Waals surface area contributed by atoms with Gasteiger partial charge in [-0.1, -0.05) is 6.92 Å². The molecule has 2 N–H and O–H groups in total. The lowest BCUT2D eigenvalue weighted by atomic mass is 9.85. The summed E-state index contributed by atoms with van der Waals surface area (Å²) in [6, 6.07) is 0.385. The maximum absolute atomic E-state index is 12.4. The number of aromatic nitrogens is 2. The zero-order chi connectivity index (χ0) is 18.7. The molecule has 0 atom stereocenters. The number of hydrogen-bond acceptors (Lipinski definition) is 5. The van der Waals surface area contributed by atoms with Crippen LogP contribution in [0.3, 0.4) is 0 Å². The van der Waals surface area contributed by atoms with Crippen LogP contribution >= 0.6 is 0 Å². The minimum absolute atomic E-state index is 0.0134. The highest BCUT2D eigenvalue weighted by atomic mass is 16.4. The van der Waals surface area contributed by atoms with Gasteiger partial charge in [-0.3, -0.25) is 14.4 Å². The number of nitrogens with zero attached hydrogens (tertiary/aromatic N) is 5. The van der Waals surface area contributed by atoms with Gasteiger partial charge in [0.15, 0.2) is 0 Å². The molecule has 9 heteroatoms. The monoisotopic (exact) mass is 364 g/mol. The lowest BCUT2D eigenvalue weighted by Crippen LogP contribution is -2.59. The van der Waals surface area contributed by atoms with Crippen molar-refractivity contribution in [3.05, 3.63) is 12.4 Å². The number of carboxylic acids is 1. The molecule has 1 saturated heterocycles. The fourth-order valence-electron chi connectivity index (χ4n) is 3.68. The lowest BCUT2D eigenvalue weighted by molar-refractivity contribution is -0.139. The lowest BCUT2D eigenvalue weighted by Gasteiger charge is -2.43. The van der Waals surface area contributed by atoms with Crippen molar-refractivity contribution in [1.82, 2.24) is 24.9 Å². The molecule has 1 aromatic heterocycles. The second-order valence-corrected chi connectivity index (χ2v) is 7.07. The molecule has 3 rings (SSSR count). The summed E-state index contributed by atoms with van der Waals surface area (Å²) in [4.78, 5) is 29.4. The van der Waals surface area contributed by atoms with Crippen molar-refractivity contribution in [2.24, 2.45) is 7.05 Å². The van der Waals surface area contributed by atoms with Crippen molar-refractivity contribution in [2.45, 2.75) is 31.8 Å². The number of carbonyl (C=O) groups excluding carboxylic acids is 1. The molecule has 2 fully saturated rings. The van der Waals surface area contributed by atoms with E-state index in [0.717, 1.165) is 31.6 Å². The maximum atomic E-state index is 12.4. The average Bonchev–Trinajstić information content (AvgIpc) is 3.02. The van der Waals surface area contributed by atoms with E-state index < -0.39 is 5.97 Å². The van der Waals surface area contributed by atoms with Crippen LogP contribution in [0.25, 0.3) is 0 Å². The Kier molecular flexibility index (Phi) is 5.65. The number of urea groups is 1. The number of rotatable bonds is 6. The first-order valence-corrected chi connectivity index (χ1v) is 9.21. The highest BCUT2D eigenvalue weighted by Gasteiger charge is 2.35. The van der Waals surface area contributed by atoms with Crippen LogP contribution in [-0.4, -0.2) is 88.0 Å². The molecule has 2 heterocycles. The van der Waals surface area contributed by atoms with Crippen molar-refractivity contribution in [2.75, 3.05) is 44.2 Å². The number of carboxylic acid groups (broad SMARTS) is 1. The Labute approximate surface area is 153 Å². The van der Waals surface area contributed by atoms with Gasteiger partial charge in [-0.2, -0.15) is 5.10 Å². The molecule has 9 nitrogen and oxygen atoms in total. The van der Waals surface area contributed by atoms with Crippen molar-refractivity contribution >= 4 is 17.7 Å². The molecule has 1 aliphatic heterocycles. The van der Waals surface area contributed by atoms with E-state index in [9.17, 15) is 9.59 Å². The number of piperazine rings is 1. The quantitative estimate of drug-likeness (QED) is 0.748. The van der Waals surface area contributed by atoms with Gasteiger partial charge in [-0.15, -0.1) is 0 Å². The van der Waals surface area contributed by atoms with E-state index in [4.69, 9.17) is 5.11 Å². The van der Waals surface area contributed by atoms with E-state index in [2.05, 4.69) is 15.3 Å². The molecule has 0 radical (unpaired) electrons. The van der Waals surface area contributed by atoms with Crippen LogP contribution in [-0.2, 0) is 11.8 Å². The van der Waals surface area contributed by atoms with Crippen LogP contribution in [0.15, 0.2) is 12.4 Å². The topological polar surface area (TPSA) is 93.9 Å². The fraction of sp³-hybridized carbons (Fsp3) is 0.706. The number of aliphatic carboxylic acids is 1. The Morgan fingerprint density at radius 3 is 2.54 bits per heavy atom. The predicted molar refractivity (Wildman–Crippen MR) is 97.2 cm³/mol. The SMILES string of the molecule is CCN(CC(=O)O)C1CC(NC(=O)N2CCN(c3cnn(C)c3)CC2)C1. The fourth-order valence-corrected chi connectivity index (χ4v) is 3.68. The average molecular weight is 364 g/mol. The van der Waals surface area contributed by atoms with Crippen molar-refractivity contribution in [3.63, 3.8) is 0 Å². The van der Waals surface area contributed by atoms with Gasteiger partial charge in [-0.05, 0) is 19.4 Å². The summed E-state index contributed by atoms with van der Waals surface area (Å²) in [6.07, 6.45) is 5.48. The molecular formula is C17H28N6O3. The smallest absolute Gasteiger partial charge is 0.317 e. The number of anilines is 1. The number of nitrogens with one attached hydrogen (secondary N) is 1. The van der Waals surface area contributed by atoms with Crippen LogP contribution in [0.1, 0.15) is 19.8 Å². The summed E-state index contributed by atoms with van der Waals surface area (Å²) in [5.74, 6) is -0.800. The van der Waals surface area contributed by atoms with Gasteiger partial charge in [0.1, 0.15) is 0 Å². The van der Waals surface area contributed by atoms with E-state index in [0.29, 0.717) is 19.6 Å². The van der Waals surface area contributed by atoms with Gasteiger partial charge in [0.05, 0.1) is 18.4 Å². The van der Waals surface area contributed by atoms with Crippen LogP contribution in [0, 0.1) is 0 Å². The number of amides is 2. The third-order valence-electron chi connectivity index (χ3n) is 5.32. The van der Waals surface area contributed by atoms with Crippen molar-refractivity contribution in [1.29, 1.82) is 0 Å². The Bertz CT molecular complexity index is 634. The maximum Gasteiger partial charge on any atom is 0.317 e. The summed E-state index contributed by atoms with van der Waals surface area (Å²) in [5, 5.41) is 16.2. The number of hydrogen-bond donors (Lipinski definition) is 2. The summed E-state index contributed by atoms with van der Waals surface area (Å²) in [7, 11) is 1.90. The van der Waals surface area contributed by atoms with Gasteiger partial charge in [0.25, 0.3) is 0 Å². The first kappa shape index (κ1) is 18.5. The second kappa shape index (κ2) is 7.94. The van der Waals surface area contributed by atoms with Crippen molar-refractivity contribution in [3.8, 4) is 0 Å². The largest absolute Gasteiger partial charge is 0.480 e. The molecule has 0 unspecified atom stereocenters. The Balaban J connectivity index is 1.39. The molecule has 1 aliphatic carbocycles. The third kappa shape index (κ3) is 4.27. The summed E-state index contributed by atoms with van der Waals surface area (Å²) in [6.45, 7) is 5.74. The van der Waals surface area contributed by atoms with E-state index >= 15 is 0 Å². The third-order valence-corrected chi connectivity index (χ3v) is 5.32. The Hall–Kier alpha value is -2.29. The highest BCUT2D eigenvalue weighted by Crippen LogP contribution is 2.26. The number of likely N-dealkylation sites (N-methyl/N-ethyl adjacent to an activating group) is 1. The van der Waals surface area contributed by atoms with Crippen LogP contribution in [0.5, 0.6) is 0 Å². The van der Waals surface area contributed by atoms with Crippen LogP contribution in [0.4, 0.5) is 10.5 Å². The summed E-state index contributed by atoms with van der Waals surface area (Å²) < 4.78 is 1.78.